The molecular formula is C29H32N8O2. The molecule has 1 unspecified atom stereocenters. The third kappa shape index (κ3) is 4.02. The molecule has 1 fully saturated rings. The average Bonchev–Trinajstić information content (AvgIpc) is 3.47. The molecule has 0 bridgehead atoms. The molecule has 0 saturated carbocycles. The molecule has 10 nitrogen and oxygen atoms in total. The summed E-state index contributed by atoms with van der Waals surface area (Å²) in [5.41, 5.74) is 7.02. The zero-order valence-corrected chi connectivity index (χ0v) is 22.4. The van der Waals surface area contributed by atoms with Gasteiger partial charge in [0.1, 0.15) is 11.5 Å². The van der Waals surface area contributed by atoms with Crippen LogP contribution in [-0.4, -0.2) is 68.7 Å². The van der Waals surface area contributed by atoms with Gasteiger partial charge in [-0.1, -0.05) is 0 Å². The maximum absolute atomic E-state index is 13.0. The number of hydrogen-bond donors (Lipinski definition) is 2. The lowest BCUT2D eigenvalue weighted by atomic mass is 10.0. The largest absolute Gasteiger partial charge is 0.377 e. The molecule has 3 aliphatic rings. The molecule has 0 spiro atoms. The molecule has 10 heteroatoms. The van der Waals surface area contributed by atoms with Gasteiger partial charge in [0.15, 0.2) is 0 Å². The number of carbonyl (C=O) groups excluding carboxylic acids is 1. The molecular weight excluding hydrogens is 492 g/mol. The lowest BCUT2D eigenvalue weighted by molar-refractivity contribution is 0.0755. The number of amides is 1. The van der Waals surface area contributed by atoms with Gasteiger partial charge in [0.25, 0.3) is 5.91 Å². The van der Waals surface area contributed by atoms with Gasteiger partial charge in [-0.3, -0.25) is 14.7 Å². The summed E-state index contributed by atoms with van der Waals surface area (Å²) in [6.07, 6.45) is 5.53. The molecule has 0 radical (unpaired) electrons. The number of aryl methyl sites for hydroxylation is 1. The van der Waals surface area contributed by atoms with E-state index in [4.69, 9.17) is 14.7 Å². The summed E-state index contributed by atoms with van der Waals surface area (Å²) in [6.45, 7) is 8.91. The predicted octanol–water partition coefficient (Wildman–Crippen LogP) is 3.45. The third-order valence-corrected chi connectivity index (χ3v) is 8.13. The zero-order valence-electron chi connectivity index (χ0n) is 22.4. The first-order chi connectivity index (χ1) is 19.0. The number of fused-ring (bicyclic) bond motifs is 5. The minimum atomic E-state index is -0.105. The van der Waals surface area contributed by atoms with Crippen molar-refractivity contribution < 1.29 is 9.53 Å². The SMILES string of the molecule is CC(C)N1Cc2nc(Nc3cnc(-c4ccnc5c4ccn5C)c4c3C(=O)NC4)ccc2N2CCOCC2C1. The first-order valence-electron chi connectivity index (χ1n) is 13.5. The van der Waals surface area contributed by atoms with Crippen molar-refractivity contribution >= 4 is 34.1 Å². The summed E-state index contributed by atoms with van der Waals surface area (Å²) in [7, 11) is 1.97. The Morgan fingerprint density at radius 2 is 2.08 bits per heavy atom. The van der Waals surface area contributed by atoms with Gasteiger partial charge in [-0.25, -0.2) is 9.97 Å². The van der Waals surface area contributed by atoms with Gasteiger partial charge in [-0.15, -0.1) is 0 Å². The molecule has 0 aromatic carbocycles. The third-order valence-electron chi connectivity index (χ3n) is 8.13. The Morgan fingerprint density at radius 3 is 2.95 bits per heavy atom. The summed E-state index contributed by atoms with van der Waals surface area (Å²) >= 11 is 0. The van der Waals surface area contributed by atoms with Crippen molar-refractivity contribution in [1.29, 1.82) is 0 Å². The lowest BCUT2D eigenvalue weighted by Crippen LogP contribution is -2.50. The number of anilines is 3. The van der Waals surface area contributed by atoms with Crippen LogP contribution >= 0.6 is 0 Å². The van der Waals surface area contributed by atoms with Crippen molar-refractivity contribution in [2.75, 3.05) is 36.5 Å². The Bertz CT molecular complexity index is 1600. The van der Waals surface area contributed by atoms with Crippen molar-refractivity contribution in [1.82, 2.24) is 29.7 Å². The first kappa shape index (κ1) is 24.1. The van der Waals surface area contributed by atoms with E-state index in [-0.39, 0.29) is 5.91 Å². The number of morpholine rings is 1. The minimum absolute atomic E-state index is 0.105. The zero-order chi connectivity index (χ0) is 26.7. The molecule has 4 aromatic heterocycles. The number of rotatable bonds is 4. The van der Waals surface area contributed by atoms with Crippen molar-refractivity contribution in [3.8, 4) is 11.3 Å². The first-order valence-corrected chi connectivity index (χ1v) is 13.5. The Hall–Kier alpha value is -4.02. The van der Waals surface area contributed by atoms with Crippen molar-refractivity contribution in [2.45, 2.75) is 39.0 Å². The average molecular weight is 525 g/mol. The van der Waals surface area contributed by atoms with E-state index in [0.717, 1.165) is 72.1 Å². The summed E-state index contributed by atoms with van der Waals surface area (Å²) < 4.78 is 7.80. The number of ether oxygens (including phenoxy) is 1. The minimum Gasteiger partial charge on any atom is -0.377 e. The number of carbonyl (C=O) groups is 1. The van der Waals surface area contributed by atoms with E-state index in [1.165, 1.54) is 0 Å². The molecule has 200 valence electrons. The summed E-state index contributed by atoms with van der Waals surface area (Å²) in [5.74, 6) is 0.599. The summed E-state index contributed by atoms with van der Waals surface area (Å²) in [6, 6.07) is 8.87. The van der Waals surface area contributed by atoms with Gasteiger partial charge in [0.05, 0.1) is 53.8 Å². The van der Waals surface area contributed by atoms with E-state index in [1.54, 1.807) is 12.4 Å². The number of pyridine rings is 3. The van der Waals surface area contributed by atoms with E-state index < -0.39 is 0 Å². The van der Waals surface area contributed by atoms with Gasteiger partial charge < -0.3 is 24.8 Å². The summed E-state index contributed by atoms with van der Waals surface area (Å²) in [4.78, 5) is 32.4. The highest BCUT2D eigenvalue weighted by molar-refractivity contribution is 6.06. The normalized spacial score (nSPS) is 19.0. The molecule has 4 aromatic rings. The number of nitrogens with zero attached hydrogens (tertiary/aromatic N) is 6. The van der Waals surface area contributed by atoms with Crippen LogP contribution in [0.3, 0.4) is 0 Å². The molecule has 2 N–H and O–H groups in total. The molecule has 3 aliphatic heterocycles. The molecule has 1 amide bonds. The fourth-order valence-electron chi connectivity index (χ4n) is 6.06. The van der Waals surface area contributed by atoms with E-state index in [9.17, 15) is 4.79 Å². The molecule has 0 aliphatic carbocycles. The van der Waals surface area contributed by atoms with E-state index in [1.807, 2.05) is 36.0 Å². The van der Waals surface area contributed by atoms with Crippen molar-refractivity contribution in [3.63, 3.8) is 0 Å². The molecule has 1 saturated heterocycles. The quantitative estimate of drug-likeness (QED) is 0.419. The maximum Gasteiger partial charge on any atom is 0.254 e. The lowest BCUT2D eigenvalue weighted by Gasteiger charge is -2.38. The Kier molecular flexibility index (Phi) is 5.75. The highest BCUT2D eigenvalue weighted by Crippen LogP contribution is 2.37. The second kappa shape index (κ2) is 9.32. The Balaban J connectivity index is 1.26. The van der Waals surface area contributed by atoms with Gasteiger partial charge in [-0.2, -0.15) is 0 Å². The van der Waals surface area contributed by atoms with Gasteiger partial charge >= 0.3 is 0 Å². The van der Waals surface area contributed by atoms with Gasteiger partial charge in [0, 0.05) is 68.2 Å². The summed E-state index contributed by atoms with van der Waals surface area (Å²) in [5, 5.41) is 7.44. The monoisotopic (exact) mass is 524 g/mol. The fraction of sp³-hybridized carbons (Fsp3) is 0.379. The standard InChI is InChI=1S/C29H32N8O2/c1-17(2)36-14-18-16-39-11-10-37(18)24-4-5-25(34-23(24)15-36)33-22-13-31-27(21-12-32-29(38)26(21)22)19-6-8-30-28-20(19)7-9-35(28)3/h4-9,13,17-18H,10-12,14-16H2,1-3H3,(H,32,38)(H,33,34). The highest BCUT2D eigenvalue weighted by atomic mass is 16.5. The second-order valence-corrected chi connectivity index (χ2v) is 10.8. The van der Waals surface area contributed by atoms with Crippen molar-refractivity contribution in [3.05, 3.63) is 59.7 Å². The molecule has 39 heavy (non-hydrogen) atoms. The van der Waals surface area contributed by atoms with Gasteiger partial charge in [0.2, 0.25) is 0 Å². The van der Waals surface area contributed by atoms with Crippen LogP contribution in [0.5, 0.6) is 0 Å². The topological polar surface area (TPSA) is 100 Å². The van der Waals surface area contributed by atoms with Crippen LogP contribution in [0.2, 0.25) is 0 Å². The Morgan fingerprint density at radius 1 is 1.18 bits per heavy atom. The van der Waals surface area contributed by atoms with Crippen molar-refractivity contribution in [2.24, 2.45) is 7.05 Å². The van der Waals surface area contributed by atoms with E-state index in [0.29, 0.717) is 35.7 Å². The number of hydrogen-bond acceptors (Lipinski definition) is 8. The van der Waals surface area contributed by atoms with Crippen LogP contribution in [0.1, 0.15) is 35.5 Å². The fourth-order valence-corrected chi connectivity index (χ4v) is 6.06. The molecule has 1 atom stereocenters. The number of aromatic nitrogens is 4. The van der Waals surface area contributed by atoms with Gasteiger partial charge in [-0.05, 0) is 38.1 Å². The van der Waals surface area contributed by atoms with Crippen LogP contribution in [0.15, 0.2) is 42.9 Å². The highest BCUT2D eigenvalue weighted by Gasteiger charge is 2.33. The molecule has 7 rings (SSSR count). The number of nitrogens with one attached hydrogen (secondary N) is 2. The smallest absolute Gasteiger partial charge is 0.254 e. The Labute approximate surface area is 227 Å². The second-order valence-electron chi connectivity index (χ2n) is 10.8. The van der Waals surface area contributed by atoms with Crippen LogP contribution in [0, 0.1) is 0 Å². The van der Waals surface area contributed by atoms with Crippen LogP contribution in [0.25, 0.3) is 22.3 Å². The van der Waals surface area contributed by atoms with Crippen LogP contribution in [-0.2, 0) is 24.9 Å². The van der Waals surface area contributed by atoms with Crippen LogP contribution in [0.4, 0.5) is 17.2 Å². The molecule has 7 heterocycles. The van der Waals surface area contributed by atoms with E-state index in [2.05, 4.69) is 45.3 Å². The predicted molar refractivity (Wildman–Crippen MR) is 150 cm³/mol. The maximum atomic E-state index is 13.0. The van der Waals surface area contributed by atoms with E-state index >= 15 is 0 Å². The van der Waals surface area contributed by atoms with Crippen LogP contribution < -0.4 is 15.5 Å².